The first-order chi connectivity index (χ1) is 8.00. The normalized spacial score (nSPS) is 17.5. The van der Waals surface area contributed by atoms with Gasteiger partial charge < -0.3 is 10.5 Å². The van der Waals surface area contributed by atoms with E-state index in [4.69, 9.17) is 10.5 Å². The first-order valence-corrected chi connectivity index (χ1v) is 6.45. The molecular weight excluding hydrogens is 240 g/mol. The predicted octanol–water partition coefficient (Wildman–Crippen LogP) is 0.958. The molecule has 0 aliphatic carbocycles. The summed E-state index contributed by atoms with van der Waals surface area (Å²) in [6.07, 6.45) is 1.13. The molecule has 0 atom stereocenters. The predicted molar refractivity (Wildman–Crippen MR) is 65.3 cm³/mol. The summed E-state index contributed by atoms with van der Waals surface area (Å²) in [5.74, 6) is 0.605. The van der Waals surface area contributed by atoms with E-state index in [1.165, 1.54) is 0 Å². The van der Waals surface area contributed by atoms with Gasteiger partial charge in [-0.25, -0.2) is 13.4 Å². The maximum absolute atomic E-state index is 11.6. The van der Waals surface area contributed by atoms with Gasteiger partial charge in [-0.2, -0.15) is 0 Å². The fraction of sp³-hybridized carbons (Fsp3) is 0.182. The van der Waals surface area contributed by atoms with Gasteiger partial charge in [0.2, 0.25) is 9.84 Å². The Morgan fingerprint density at radius 3 is 2.76 bits per heavy atom. The van der Waals surface area contributed by atoms with Gasteiger partial charge in [-0.3, -0.25) is 0 Å². The van der Waals surface area contributed by atoms with Gasteiger partial charge in [0, 0.05) is 0 Å². The molecule has 0 spiro atoms. The largest absolute Gasteiger partial charge is 0.487 e. The summed E-state index contributed by atoms with van der Waals surface area (Å²) in [4.78, 5) is 3.72. The Balaban J connectivity index is 2.07. The van der Waals surface area contributed by atoms with Crippen LogP contribution in [-0.4, -0.2) is 20.1 Å². The standard InChI is InChI=1S/C11H12N2O3S/c1-8-3-2-4-9(5-8)16-7-11-13-6-10(12)17(11,14)15/h2-6H,7,12H2,1H3. The molecular formula is C11H12N2O3S. The van der Waals surface area contributed by atoms with Gasteiger partial charge in [-0.1, -0.05) is 12.1 Å². The van der Waals surface area contributed by atoms with Gasteiger partial charge in [0.25, 0.3) is 0 Å². The average molecular weight is 252 g/mol. The molecule has 17 heavy (non-hydrogen) atoms. The van der Waals surface area contributed by atoms with Crippen LogP contribution in [0.1, 0.15) is 5.56 Å². The molecule has 0 fully saturated rings. The molecule has 1 aliphatic rings. The molecule has 1 aliphatic heterocycles. The molecule has 1 heterocycles. The number of ether oxygens (including phenoxy) is 1. The molecule has 6 heteroatoms. The first-order valence-electron chi connectivity index (χ1n) is 4.97. The highest BCUT2D eigenvalue weighted by molar-refractivity contribution is 8.10. The van der Waals surface area contributed by atoms with Crippen LogP contribution >= 0.6 is 0 Å². The smallest absolute Gasteiger partial charge is 0.239 e. The molecule has 0 unspecified atom stereocenters. The van der Waals surface area contributed by atoms with E-state index < -0.39 is 9.84 Å². The summed E-state index contributed by atoms with van der Waals surface area (Å²) in [5.41, 5.74) is 6.34. The third-order valence-corrected chi connectivity index (χ3v) is 3.88. The summed E-state index contributed by atoms with van der Waals surface area (Å²) in [5, 5.41) is -0.295. The second-order valence-corrected chi connectivity index (χ2v) is 5.61. The summed E-state index contributed by atoms with van der Waals surface area (Å²) >= 11 is 0. The van der Waals surface area contributed by atoms with Crippen LogP contribution < -0.4 is 10.5 Å². The number of aliphatic imine (C=N–C) groups is 1. The maximum atomic E-state index is 11.6. The number of benzene rings is 1. The molecule has 1 aromatic rings. The minimum absolute atomic E-state index is 0.0588. The molecule has 0 amide bonds. The van der Waals surface area contributed by atoms with Gasteiger partial charge in [-0.05, 0) is 24.6 Å². The Hall–Kier alpha value is -1.82. The van der Waals surface area contributed by atoms with Crippen LogP contribution in [0.15, 0.2) is 40.5 Å². The molecule has 0 saturated carbocycles. The Kier molecular flexibility index (Phi) is 2.89. The van der Waals surface area contributed by atoms with E-state index in [2.05, 4.69) is 4.99 Å². The number of sulfone groups is 1. The Bertz CT molecular complexity index is 603. The highest BCUT2D eigenvalue weighted by atomic mass is 32.2. The van der Waals surface area contributed by atoms with E-state index in [9.17, 15) is 8.42 Å². The molecule has 0 aromatic heterocycles. The second-order valence-electron chi connectivity index (χ2n) is 3.66. The molecule has 5 nitrogen and oxygen atoms in total. The van der Waals surface area contributed by atoms with Gasteiger partial charge in [0.05, 0.1) is 6.20 Å². The number of nitrogens with two attached hydrogens (primary N) is 1. The van der Waals surface area contributed by atoms with E-state index in [0.717, 1.165) is 11.8 Å². The number of aryl methyl sites for hydroxylation is 1. The lowest BCUT2D eigenvalue weighted by molar-refractivity contribution is 0.378. The van der Waals surface area contributed by atoms with Crippen LogP contribution in [0.4, 0.5) is 0 Å². The van der Waals surface area contributed by atoms with Crippen molar-refractivity contribution in [2.75, 3.05) is 6.61 Å². The van der Waals surface area contributed by atoms with E-state index in [0.29, 0.717) is 5.75 Å². The summed E-state index contributed by atoms with van der Waals surface area (Å²) in [6.45, 7) is 1.82. The van der Waals surface area contributed by atoms with E-state index in [1.54, 1.807) is 6.07 Å². The minimum atomic E-state index is -3.58. The maximum Gasteiger partial charge on any atom is 0.239 e. The Morgan fingerprint density at radius 1 is 1.41 bits per heavy atom. The van der Waals surface area contributed by atoms with Crippen molar-refractivity contribution in [1.82, 2.24) is 0 Å². The van der Waals surface area contributed by atoms with Gasteiger partial charge in [0.1, 0.15) is 12.4 Å². The summed E-state index contributed by atoms with van der Waals surface area (Å²) in [6, 6.07) is 7.34. The Morgan fingerprint density at radius 2 is 2.18 bits per heavy atom. The lowest BCUT2D eigenvalue weighted by Gasteiger charge is -2.06. The zero-order valence-corrected chi connectivity index (χ0v) is 10.1. The van der Waals surface area contributed by atoms with E-state index >= 15 is 0 Å². The van der Waals surface area contributed by atoms with Crippen LogP contribution in [0, 0.1) is 6.92 Å². The van der Waals surface area contributed by atoms with Gasteiger partial charge in [-0.15, -0.1) is 0 Å². The van der Waals surface area contributed by atoms with Crippen molar-refractivity contribution in [1.29, 1.82) is 0 Å². The van der Waals surface area contributed by atoms with Crippen molar-refractivity contribution in [2.45, 2.75) is 6.92 Å². The number of hydrogen-bond donors (Lipinski definition) is 1. The minimum Gasteiger partial charge on any atom is -0.487 e. The van der Waals surface area contributed by atoms with Gasteiger partial charge >= 0.3 is 0 Å². The van der Waals surface area contributed by atoms with Crippen molar-refractivity contribution in [3.63, 3.8) is 0 Å². The van der Waals surface area contributed by atoms with Crippen molar-refractivity contribution in [3.8, 4) is 5.75 Å². The van der Waals surface area contributed by atoms with Crippen molar-refractivity contribution >= 4 is 14.9 Å². The van der Waals surface area contributed by atoms with Crippen LogP contribution in [0.3, 0.4) is 0 Å². The topological polar surface area (TPSA) is 81.8 Å². The van der Waals surface area contributed by atoms with Crippen molar-refractivity contribution < 1.29 is 13.2 Å². The van der Waals surface area contributed by atoms with Crippen molar-refractivity contribution in [2.24, 2.45) is 10.7 Å². The third kappa shape index (κ3) is 2.31. The van der Waals surface area contributed by atoms with Crippen LogP contribution in [0.2, 0.25) is 0 Å². The van der Waals surface area contributed by atoms with E-state index in [1.807, 2.05) is 25.1 Å². The average Bonchev–Trinajstić information content (AvgIpc) is 2.52. The molecule has 1 aromatic carbocycles. The lowest BCUT2D eigenvalue weighted by Crippen LogP contribution is -2.23. The Labute approximate surface area is 99.5 Å². The molecule has 0 radical (unpaired) electrons. The van der Waals surface area contributed by atoms with Crippen LogP contribution in [-0.2, 0) is 9.84 Å². The zero-order chi connectivity index (χ0) is 12.5. The SMILES string of the molecule is Cc1cccc(OCC2=NC=C(N)S2(=O)=O)c1. The van der Waals surface area contributed by atoms with Crippen LogP contribution in [0.5, 0.6) is 5.75 Å². The monoisotopic (exact) mass is 252 g/mol. The number of nitrogens with zero attached hydrogens (tertiary/aromatic N) is 1. The summed E-state index contributed by atoms with van der Waals surface area (Å²) in [7, 11) is -3.58. The first kappa shape index (κ1) is 11.7. The molecule has 0 saturated heterocycles. The molecule has 2 rings (SSSR count). The van der Waals surface area contributed by atoms with Crippen LogP contribution in [0.25, 0.3) is 0 Å². The fourth-order valence-corrected chi connectivity index (χ4v) is 2.24. The second kappa shape index (κ2) is 4.21. The fourth-order valence-electron chi connectivity index (χ4n) is 1.38. The molecule has 90 valence electrons. The highest BCUT2D eigenvalue weighted by Crippen LogP contribution is 2.16. The molecule has 0 bridgehead atoms. The third-order valence-electron chi connectivity index (χ3n) is 2.31. The quantitative estimate of drug-likeness (QED) is 0.868. The lowest BCUT2D eigenvalue weighted by atomic mass is 10.2. The van der Waals surface area contributed by atoms with Gasteiger partial charge in [0.15, 0.2) is 10.1 Å². The molecule has 2 N–H and O–H groups in total. The van der Waals surface area contributed by atoms with E-state index in [-0.39, 0.29) is 16.7 Å². The van der Waals surface area contributed by atoms with Crippen molar-refractivity contribution in [3.05, 3.63) is 41.1 Å². The summed E-state index contributed by atoms with van der Waals surface area (Å²) < 4.78 is 28.5. The number of hydrogen-bond acceptors (Lipinski definition) is 5. The number of rotatable bonds is 3. The zero-order valence-electron chi connectivity index (χ0n) is 9.25. The highest BCUT2D eigenvalue weighted by Gasteiger charge is 2.27.